The Hall–Kier alpha value is -6.72. The maximum Gasteiger partial charge on any atom is 0.252 e. The summed E-state index contributed by atoms with van der Waals surface area (Å²) in [7, 11) is 0. The van der Waals surface area contributed by atoms with Crippen LogP contribution in [0.1, 0.15) is 23.9 Å². The number of para-hydroxylation sites is 4. The topological polar surface area (TPSA) is 16.3 Å². The van der Waals surface area contributed by atoms with Gasteiger partial charge < -0.3 is 18.9 Å². The van der Waals surface area contributed by atoms with Gasteiger partial charge in [0.2, 0.25) is 0 Å². The first-order valence-corrected chi connectivity index (χ1v) is 19.4. The fraction of sp³-hybridized carbons (Fsp3) is 0.0800. The van der Waals surface area contributed by atoms with E-state index >= 15 is 0 Å². The lowest BCUT2D eigenvalue weighted by Gasteiger charge is -2.36. The third-order valence-corrected chi connectivity index (χ3v) is 11.8. The average molecular weight is 707 g/mol. The van der Waals surface area contributed by atoms with Crippen molar-refractivity contribution in [2.75, 3.05) is 9.80 Å². The molecule has 0 atom stereocenters. The molecular weight excluding hydrogens is 667 g/mol. The number of anilines is 6. The molecule has 4 nitrogen and oxygen atoms in total. The smallest absolute Gasteiger partial charge is 0.252 e. The summed E-state index contributed by atoms with van der Waals surface area (Å²) in [5.41, 5.74) is 20.1. The summed E-state index contributed by atoms with van der Waals surface area (Å²) in [6.07, 6.45) is 0.962. The van der Waals surface area contributed by atoms with Crippen molar-refractivity contribution in [3.63, 3.8) is 0 Å². The van der Waals surface area contributed by atoms with Gasteiger partial charge in [0, 0.05) is 56.3 Å². The third-order valence-electron chi connectivity index (χ3n) is 11.8. The number of aromatic nitrogens is 2. The lowest BCUT2D eigenvalue weighted by Crippen LogP contribution is -2.59. The highest BCUT2D eigenvalue weighted by atomic mass is 15.2. The molecule has 2 aliphatic rings. The number of benzene rings is 7. The van der Waals surface area contributed by atoms with Crippen LogP contribution < -0.4 is 26.2 Å². The Morgan fingerprint density at radius 3 is 1.16 bits per heavy atom. The first kappa shape index (κ1) is 31.8. The number of hydrogen-bond acceptors (Lipinski definition) is 2. The number of fused-ring (bicyclic) bond motifs is 4. The van der Waals surface area contributed by atoms with Crippen molar-refractivity contribution >= 4 is 79.0 Å². The molecule has 7 aromatic carbocycles. The van der Waals surface area contributed by atoms with Crippen LogP contribution in [-0.4, -0.2) is 15.8 Å². The highest BCUT2D eigenvalue weighted by Gasteiger charge is 2.41. The normalized spacial score (nSPS) is 12.3. The highest BCUT2D eigenvalue weighted by molar-refractivity contribution is 7.00. The molecule has 4 heterocycles. The summed E-state index contributed by atoms with van der Waals surface area (Å²) in [5.74, 6) is 0. The van der Waals surface area contributed by atoms with E-state index in [4.69, 9.17) is 0 Å². The molecule has 0 saturated carbocycles. The summed E-state index contributed by atoms with van der Waals surface area (Å²) in [4.78, 5) is 4.83. The van der Waals surface area contributed by atoms with Gasteiger partial charge >= 0.3 is 0 Å². The van der Waals surface area contributed by atoms with Crippen molar-refractivity contribution < 1.29 is 0 Å². The molecule has 0 aliphatic carbocycles. The van der Waals surface area contributed by atoms with Gasteiger partial charge in [0.05, 0.1) is 22.4 Å². The van der Waals surface area contributed by atoms with E-state index in [1.807, 2.05) is 0 Å². The Labute approximate surface area is 322 Å². The summed E-state index contributed by atoms with van der Waals surface area (Å²) in [6, 6.07) is 62.4. The molecule has 0 bridgehead atoms. The van der Waals surface area contributed by atoms with Gasteiger partial charge in [-0.2, -0.15) is 0 Å². The van der Waals surface area contributed by atoms with Crippen LogP contribution in [-0.2, 0) is 6.42 Å². The van der Waals surface area contributed by atoms with Gasteiger partial charge in [-0.15, -0.1) is 0 Å². The van der Waals surface area contributed by atoms with E-state index in [-0.39, 0.29) is 6.71 Å². The van der Waals surface area contributed by atoms with Crippen LogP contribution in [0.25, 0.3) is 33.2 Å². The molecule has 0 unspecified atom stereocenters. The van der Waals surface area contributed by atoms with Crippen molar-refractivity contribution in [3.8, 4) is 11.4 Å². The number of aryl methyl sites for hydroxylation is 3. The van der Waals surface area contributed by atoms with Crippen LogP contribution in [0.3, 0.4) is 0 Å². The minimum absolute atomic E-state index is 0.0800. The van der Waals surface area contributed by atoms with Crippen LogP contribution >= 0.6 is 0 Å². The van der Waals surface area contributed by atoms with Gasteiger partial charge in [-0.05, 0) is 127 Å². The molecule has 0 amide bonds. The Morgan fingerprint density at radius 1 is 0.455 bits per heavy atom. The van der Waals surface area contributed by atoms with Crippen molar-refractivity contribution in [1.29, 1.82) is 0 Å². The molecule has 5 heteroatoms. The second-order valence-electron chi connectivity index (χ2n) is 15.0. The molecule has 55 heavy (non-hydrogen) atoms. The monoisotopic (exact) mass is 706 g/mol. The largest absolute Gasteiger partial charge is 0.315 e. The predicted molar refractivity (Wildman–Crippen MR) is 233 cm³/mol. The number of hydrogen-bond donors (Lipinski definition) is 0. The van der Waals surface area contributed by atoms with Crippen molar-refractivity contribution in [2.24, 2.45) is 0 Å². The summed E-state index contributed by atoms with van der Waals surface area (Å²) < 4.78 is 5.11. The minimum atomic E-state index is 0.0800. The van der Waals surface area contributed by atoms with E-state index in [2.05, 4.69) is 210 Å². The zero-order valence-corrected chi connectivity index (χ0v) is 31.2. The van der Waals surface area contributed by atoms with Crippen molar-refractivity contribution in [3.05, 3.63) is 187 Å². The fourth-order valence-electron chi connectivity index (χ4n) is 9.58. The van der Waals surface area contributed by atoms with Crippen LogP contribution in [0.4, 0.5) is 34.1 Å². The average Bonchev–Trinajstić information content (AvgIpc) is 3.78. The molecule has 11 rings (SSSR count). The molecular formula is C50H39BN4. The van der Waals surface area contributed by atoms with E-state index in [0.29, 0.717) is 0 Å². The Kier molecular flexibility index (Phi) is 7.02. The fourth-order valence-corrected chi connectivity index (χ4v) is 9.58. The Morgan fingerprint density at radius 2 is 0.818 bits per heavy atom. The molecule has 0 saturated heterocycles. The molecule has 2 aliphatic heterocycles. The van der Waals surface area contributed by atoms with Gasteiger partial charge in [-0.25, -0.2) is 0 Å². The van der Waals surface area contributed by atoms with Gasteiger partial charge in [0.25, 0.3) is 6.71 Å². The molecule has 0 fully saturated rings. The third kappa shape index (κ3) is 4.59. The van der Waals surface area contributed by atoms with Crippen LogP contribution in [0.15, 0.2) is 170 Å². The lowest BCUT2D eigenvalue weighted by molar-refractivity contribution is 1.01. The maximum absolute atomic E-state index is 2.55. The Balaban J connectivity index is 1.20. The summed E-state index contributed by atoms with van der Waals surface area (Å²) in [5, 5.41) is 2.53. The summed E-state index contributed by atoms with van der Waals surface area (Å²) >= 11 is 0. The zero-order valence-electron chi connectivity index (χ0n) is 31.2. The van der Waals surface area contributed by atoms with E-state index in [1.54, 1.807) is 0 Å². The van der Waals surface area contributed by atoms with E-state index in [9.17, 15) is 0 Å². The zero-order chi connectivity index (χ0) is 36.8. The van der Waals surface area contributed by atoms with E-state index in [1.165, 1.54) is 77.9 Å². The first-order valence-electron chi connectivity index (χ1n) is 19.4. The molecule has 262 valence electrons. The quantitative estimate of drug-likeness (QED) is 0.153. The first-order chi connectivity index (χ1) is 27.1. The SMILES string of the molecule is CCc1cc2c3c(c1)-n1c(C)cc4c(N(c5ccccc5)c5ccccc5)ccc(c41)B3c1ccc(N(c3ccccc3)c3ccccc3)c3cc(C)n-2c13. The van der Waals surface area contributed by atoms with E-state index < -0.39 is 0 Å². The van der Waals surface area contributed by atoms with Crippen LogP contribution in [0, 0.1) is 13.8 Å². The van der Waals surface area contributed by atoms with Crippen LogP contribution in [0.5, 0.6) is 0 Å². The van der Waals surface area contributed by atoms with Gasteiger partial charge in [-0.1, -0.05) is 91.9 Å². The molecule has 0 spiro atoms. The van der Waals surface area contributed by atoms with E-state index in [0.717, 1.165) is 29.2 Å². The standard InChI is InChI=1S/C50H39BN4/c1-4-35-31-46-48-47(32-35)53-34(3)30-41-45(55(38-21-13-7-14-22-38)39-23-15-8-16-24-39)28-26-43(50(41)53)51(48)42-25-27-44(40-29-33(2)52(46)49(40)42)54(36-17-9-5-10-18-36)37-19-11-6-12-20-37/h5-32H,4H2,1-3H3. The molecule has 9 aromatic rings. The van der Waals surface area contributed by atoms with Crippen molar-refractivity contribution in [1.82, 2.24) is 9.13 Å². The molecule has 0 N–H and O–H groups in total. The molecule has 0 radical (unpaired) electrons. The van der Waals surface area contributed by atoms with Crippen LogP contribution in [0.2, 0.25) is 0 Å². The lowest BCUT2D eigenvalue weighted by atomic mass is 9.34. The minimum Gasteiger partial charge on any atom is -0.315 e. The van der Waals surface area contributed by atoms with Gasteiger partial charge in [-0.3, -0.25) is 0 Å². The second kappa shape index (κ2) is 12.2. The van der Waals surface area contributed by atoms with Crippen molar-refractivity contribution in [2.45, 2.75) is 27.2 Å². The number of rotatable bonds is 7. The highest BCUT2D eigenvalue weighted by Crippen LogP contribution is 2.44. The summed E-state index contributed by atoms with van der Waals surface area (Å²) in [6.45, 7) is 6.91. The predicted octanol–water partition coefficient (Wildman–Crippen LogP) is 10.8. The van der Waals surface area contributed by atoms with Gasteiger partial charge in [0.15, 0.2) is 0 Å². The maximum atomic E-state index is 2.55. The van der Waals surface area contributed by atoms with Gasteiger partial charge in [0.1, 0.15) is 0 Å². The Bertz CT molecular complexity index is 2650. The molecule has 2 aromatic heterocycles. The number of nitrogens with zero attached hydrogens (tertiary/aromatic N) is 4. The second-order valence-corrected chi connectivity index (χ2v) is 15.0.